The molecule has 10 heteroatoms. The van der Waals surface area contributed by atoms with Crippen LogP contribution in [-0.4, -0.2) is 23.5 Å². The normalized spacial score (nSPS) is 12.2. The third kappa shape index (κ3) is 4.28. The van der Waals surface area contributed by atoms with E-state index in [4.69, 9.17) is 16.7 Å². The molecule has 0 amide bonds. The summed E-state index contributed by atoms with van der Waals surface area (Å²) in [6.07, 6.45) is -4.12. The number of carboxylic acids is 1. The number of nitrogens with zero attached hydrogens (tertiary/aromatic N) is 1. The molecule has 0 aliphatic rings. The highest BCUT2D eigenvalue weighted by Crippen LogP contribution is 2.42. The molecule has 176 valence electrons. The lowest BCUT2D eigenvalue weighted by Crippen LogP contribution is -2.19. The van der Waals surface area contributed by atoms with Gasteiger partial charge in [0.05, 0.1) is 16.1 Å². The van der Waals surface area contributed by atoms with Crippen LogP contribution in [0.5, 0.6) is 0 Å². The van der Waals surface area contributed by atoms with Gasteiger partial charge in [0.25, 0.3) is 10.0 Å². The third-order valence-corrected chi connectivity index (χ3v) is 7.42. The number of aromatic nitrogens is 1. The Balaban J connectivity index is 2.06. The predicted molar refractivity (Wildman–Crippen MR) is 122 cm³/mol. The number of aliphatic carboxylic acids is 1. The molecular weight excluding hydrogens is 491 g/mol. The zero-order valence-corrected chi connectivity index (χ0v) is 19.0. The van der Waals surface area contributed by atoms with Crippen molar-refractivity contribution in [2.45, 2.75) is 23.9 Å². The minimum atomic E-state index is -4.95. The van der Waals surface area contributed by atoms with Gasteiger partial charge in [-0.05, 0) is 29.7 Å². The van der Waals surface area contributed by atoms with E-state index in [0.29, 0.717) is 16.5 Å². The maximum absolute atomic E-state index is 14.0. The molecule has 0 aliphatic heterocycles. The number of fused-ring (bicyclic) bond motifs is 1. The van der Waals surface area contributed by atoms with Crippen molar-refractivity contribution < 1.29 is 31.5 Å². The first-order chi connectivity index (χ1) is 16.0. The summed E-state index contributed by atoms with van der Waals surface area (Å²) in [6, 6.07) is 15.6. The van der Waals surface area contributed by atoms with E-state index in [9.17, 15) is 26.4 Å². The predicted octanol–water partition coefficient (Wildman–Crippen LogP) is 6.23. The summed E-state index contributed by atoms with van der Waals surface area (Å²) >= 11 is 6.29. The Morgan fingerprint density at radius 1 is 0.971 bits per heavy atom. The van der Waals surface area contributed by atoms with E-state index in [1.165, 1.54) is 24.3 Å². The van der Waals surface area contributed by atoms with Crippen LogP contribution in [0.1, 0.15) is 17.5 Å². The van der Waals surface area contributed by atoms with Gasteiger partial charge in [-0.15, -0.1) is 0 Å². The summed E-state index contributed by atoms with van der Waals surface area (Å²) in [6.45, 7) is 0. The van der Waals surface area contributed by atoms with Crippen molar-refractivity contribution >= 4 is 38.5 Å². The average molecular weight is 508 g/mol. The number of hydrogen-bond acceptors (Lipinski definition) is 3. The Morgan fingerprint density at radius 2 is 1.65 bits per heavy atom. The fraction of sp³-hybridized carbons (Fsp3) is 0.125. The van der Waals surface area contributed by atoms with Gasteiger partial charge in [0.15, 0.2) is 0 Å². The number of hydrogen-bond donors (Lipinski definition) is 1. The molecule has 0 atom stereocenters. The number of halogens is 4. The summed E-state index contributed by atoms with van der Waals surface area (Å²) in [5, 5.41) is 9.42. The Bertz CT molecular complexity index is 1500. The Labute approximate surface area is 198 Å². The molecule has 1 heterocycles. The van der Waals surface area contributed by atoms with E-state index in [1.54, 1.807) is 30.3 Å². The van der Waals surface area contributed by atoms with E-state index in [-0.39, 0.29) is 28.9 Å². The fourth-order valence-corrected chi connectivity index (χ4v) is 6.03. The minimum absolute atomic E-state index is 0.00778. The van der Waals surface area contributed by atoms with Crippen molar-refractivity contribution in [3.05, 3.63) is 89.1 Å². The number of carboxylic acid groups (broad SMARTS) is 1. The van der Waals surface area contributed by atoms with E-state index in [0.717, 1.165) is 22.3 Å². The Morgan fingerprint density at radius 3 is 2.29 bits per heavy atom. The highest BCUT2D eigenvalue weighted by molar-refractivity contribution is 7.90. The lowest BCUT2D eigenvalue weighted by molar-refractivity contribution is -0.140. The molecule has 0 spiro atoms. The Hall–Kier alpha value is -3.30. The molecule has 4 rings (SSSR count). The van der Waals surface area contributed by atoms with Crippen LogP contribution in [0.25, 0.3) is 22.0 Å². The van der Waals surface area contributed by atoms with Gasteiger partial charge in [0.1, 0.15) is 4.90 Å². The molecule has 5 nitrogen and oxygen atoms in total. The second kappa shape index (κ2) is 8.81. The maximum Gasteiger partial charge on any atom is 0.417 e. The average Bonchev–Trinajstić information content (AvgIpc) is 3.18. The van der Waals surface area contributed by atoms with Crippen molar-refractivity contribution in [1.29, 1.82) is 0 Å². The van der Waals surface area contributed by atoms with Gasteiger partial charge >= 0.3 is 12.1 Å². The molecule has 4 aromatic rings. The second-order valence-electron chi connectivity index (χ2n) is 7.53. The Kier molecular flexibility index (Phi) is 6.18. The van der Waals surface area contributed by atoms with Gasteiger partial charge in [-0.1, -0.05) is 66.2 Å². The smallest absolute Gasteiger partial charge is 0.417 e. The molecule has 3 aromatic carbocycles. The molecule has 0 unspecified atom stereocenters. The highest BCUT2D eigenvalue weighted by Gasteiger charge is 2.40. The van der Waals surface area contributed by atoms with Crippen molar-refractivity contribution in [2.24, 2.45) is 0 Å². The monoisotopic (exact) mass is 507 g/mol. The summed E-state index contributed by atoms with van der Waals surface area (Å²) in [5.41, 5.74) is -0.804. The van der Waals surface area contributed by atoms with Gasteiger partial charge in [-0.3, -0.25) is 4.79 Å². The van der Waals surface area contributed by atoms with E-state index in [2.05, 4.69) is 0 Å². The standard InChI is InChI=1S/C24H17ClF3NO4S/c25-20-11-5-8-17-16(12-13-21(30)31)14-29(22(17)20)34(32,33)23-18(15-6-2-1-3-7-15)9-4-10-19(23)24(26,27)28/h1-11,14H,12-13H2,(H,30,31). The van der Waals surface area contributed by atoms with Crippen LogP contribution in [0, 0.1) is 0 Å². The van der Waals surface area contributed by atoms with Crippen molar-refractivity contribution in [1.82, 2.24) is 3.97 Å². The van der Waals surface area contributed by atoms with Crippen LogP contribution in [0.2, 0.25) is 5.02 Å². The van der Waals surface area contributed by atoms with Crippen LogP contribution < -0.4 is 0 Å². The van der Waals surface area contributed by atoms with Crippen LogP contribution >= 0.6 is 11.6 Å². The largest absolute Gasteiger partial charge is 0.481 e. The van der Waals surface area contributed by atoms with Crippen molar-refractivity contribution in [3.63, 3.8) is 0 Å². The first kappa shape index (κ1) is 23.8. The van der Waals surface area contributed by atoms with Gasteiger partial charge in [0.2, 0.25) is 0 Å². The molecule has 1 N–H and O–H groups in total. The topological polar surface area (TPSA) is 76.4 Å². The van der Waals surface area contributed by atoms with E-state index < -0.39 is 32.6 Å². The first-order valence-corrected chi connectivity index (χ1v) is 11.8. The number of para-hydroxylation sites is 1. The van der Waals surface area contributed by atoms with E-state index >= 15 is 0 Å². The lowest BCUT2D eigenvalue weighted by Gasteiger charge is -2.18. The molecule has 34 heavy (non-hydrogen) atoms. The van der Waals surface area contributed by atoms with Gasteiger partial charge in [-0.2, -0.15) is 13.2 Å². The SMILES string of the molecule is O=C(O)CCc1cn(S(=O)(=O)c2c(-c3ccccc3)cccc2C(F)(F)F)c2c(Cl)cccc12. The summed E-state index contributed by atoms with van der Waals surface area (Å²) in [5.74, 6) is -1.10. The molecule has 1 aromatic heterocycles. The zero-order valence-electron chi connectivity index (χ0n) is 17.4. The highest BCUT2D eigenvalue weighted by atomic mass is 35.5. The summed E-state index contributed by atoms with van der Waals surface area (Å²) < 4.78 is 70.6. The van der Waals surface area contributed by atoms with Gasteiger partial charge in [0, 0.05) is 23.6 Å². The second-order valence-corrected chi connectivity index (χ2v) is 9.69. The molecule has 0 saturated carbocycles. The molecule has 0 radical (unpaired) electrons. The summed E-state index contributed by atoms with van der Waals surface area (Å²) in [7, 11) is -4.83. The van der Waals surface area contributed by atoms with Gasteiger partial charge < -0.3 is 5.11 Å². The number of rotatable bonds is 6. The molecule has 0 aliphatic carbocycles. The van der Waals surface area contributed by atoms with Crippen LogP contribution in [-0.2, 0) is 27.4 Å². The molecule has 0 bridgehead atoms. The van der Waals surface area contributed by atoms with Crippen molar-refractivity contribution in [3.8, 4) is 11.1 Å². The molecule has 0 fully saturated rings. The lowest BCUT2D eigenvalue weighted by atomic mass is 10.0. The van der Waals surface area contributed by atoms with Crippen LogP contribution in [0.3, 0.4) is 0 Å². The number of alkyl halides is 3. The maximum atomic E-state index is 14.0. The fourth-order valence-electron chi connectivity index (χ4n) is 3.89. The molecular formula is C24H17ClF3NO4S. The number of aryl methyl sites for hydroxylation is 1. The third-order valence-electron chi connectivity index (χ3n) is 5.36. The van der Waals surface area contributed by atoms with Crippen LogP contribution in [0.15, 0.2) is 77.8 Å². The number of carbonyl (C=O) groups is 1. The first-order valence-electron chi connectivity index (χ1n) is 10.0. The van der Waals surface area contributed by atoms with Crippen molar-refractivity contribution in [2.75, 3.05) is 0 Å². The van der Waals surface area contributed by atoms with E-state index in [1.807, 2.05) is 0 Å². The summed E-state index contributed by atoms with van der Waals surface area (Å²) in [4.78, 5) is 10.2. The minimum Gasteiger partial charge on any atom is -0.481 e. The molecule has 0 saturated heterocycles. The number of benzene rings is 3. The quantitative estimate of drug-likeness (QED) is 0.335. The van der Waals surface area contributed by atoms with Gasteiger partial charge in [-0.25, -0.2) is 12.4 Å². The van der Waals surface area contributed by atoms with Crippen LogP contribution in [0.4, 0.5) is 13.2 Å². The zero-order chi connectivity index (χ0) is 24.7.